The molecule has 6 nitrogen and oxygen atoms in total. The van der Waals surface area contributed by atoms with E-state index in [0.29, 0.717) is 23.6 Å². The summed E-state index contributed by atoms with van der Waals surface area (Å²) in [6.45, 7) is 4.01. The Morgan fingerprint density at radius 2 is 1.73 bits per heavy atom. The molecule has 0 aliphatic carbocycles. The van der Waals surface area contributed by atoms with Crippen molar-refractivity contribution >= 4 is 38.5 Å². The molecule has 2 N–H and O–H groups in total. The monoisotopic (exact) mass is 481 g/mol. The minimum Gasteiger partial charge on any atom is -0.354 e. The summed E-state index contributed by atoms with van der Waals surface area (Å²) in [5.41, 5.74) is 1.61. The smallest absolute Gasteiger partial charge is 0.241 e. The molecule has 33 heavy (non-hydrogen) atoms. The van der Waals surface area contributed by atoms with Gasteiger partial charge >= 0.3 is 0 Å². The van der Waals surface area contributed by atoms with Crippen LogP contribution in [0.2, 0.25) is 0 Å². The number of benzene rings is 3. The number of carbonyl (C=O) groups excluding carboxylic acids is 1. The molecule has 172 valence electrons. The lowest BCUT2D eigenvalue weighted by atomic mass is 10.1. The number of nitriles is 1. The molecule has 1 amide bonds. The summed E-state index contributed by atoms with van der Waals surface area (Å²) in [5, 5.41) is 13.8. The summed E-state index contributed by atoms with van der Waals surface area (Å²) < 4.78 is 28.5. The lowest BCUT2D eigenvalue weighted by Crippen LogP contribution is -2.50. The average molecular weight is 482 g/mol. The summed E-state index contributed by atoms with van der Waals surface area (Å²) >= 11 is 1.60. The van der Waals surface area contributed by atoms with E-state index in [0.717, 1.165) is 16.3 Å². The van der Waals surface area contributed by atoms with Crippen molar-refractivity contribution in [2.45, 2.75) is 30.5 Å². The fourth-order valence-electron chi connectivity index (χ4n) is 3.36. The molecule has 0 aliphatic heterocycles. The molecular formula is C25H27N3O3S2. The molecule has 0 radical (unpaired) electrons. The van der Waals surface area contributed by atoms with Gasteiger partial charge in [0.05, 0.1) is 16.5 Å². The van der Waals surface area contributed by atoms with E-state index in [1.165, 1.54) is 0 Å². The lowest BCUT2D eigenvalue weighted by Gasteiger charge is -2.21. The number of carbonyl (C=O) groups is 1. The van der Waals surface area contributed by atoms with Crippen molar-refractivity contribution < 1.29 is 13.2 Å². The Balaban J connectivity index is 1.57. The third-order valence-corrected chi connectivity index (χ3v) is 7.65. The molecule has 1 atom stereocenters. The third kappa shape index (κ3) is 6.57. The van der Waals surface area contributed by atoms with Crippen LogP contribution in [0.3, 0.4) is 0 Å². The summed E-state index contributed by atoms with van der Waals surface area (Å²) in [4.78, 5) is 12.9. The molecule has 1 unspecified atom stereocenters. The van der Waals surface area contributed by atoms with Crippen molar-refractivity contribution in [3.8, 4) is 6.07 Å². The first kappa shape index (κ1) is 24.8. The van der Waals surface area contributed by atoms with Crippen LogP contribution in [0.5, 0.6) is 0 Å². The zero-order valence-corrected chi connectivity index (χ0v) is 20.2. The number of thioether (sulfide) groups is 1. The van der Waals surface area contributed by atoms with Gasteiger partial charge in [-0.2, -0.15) is 21.7 Å². The van der Waals surface area contributed by atoms with Gasteiger partial charge in [-0.05, 0) is 40.5 Å². The molecule has 8 heteroatoms. The van der Waals surface area contributed by atoms with Crippen molar-refractivity contribution in [1.29, 1.82) is 5.26 Å². The number of amides is 1. The Bertz CT molecular complexity index is 1270. The second-order valence-electron chi connectivity index (χ2n) is 7.96. The van der Waals surface area contributed by atoms with Crippen LogP contribution in [0.1, 0.15) is 25.0 Å². The summed E-state index contributed by atoms with van der Waals surface area (Å²) in [5.74, 6) is 0.734. The van der Waals surface area contributed by atoms with Crippen LogP contribution in [0, 0.1) is 17.2 Å². The van der Waals surface area contributed by atoms with E-state index in [4.69, 9.17) is 5.26 Å². The first-order valence-electron chi connectivity index (χ1n) is 10.7. The van der Waals surface area contributed by atoms with Crippen LogP contribution in [0.25, 0.3) is 10.8 Å². The molecule has 3 aromatic rings. The van der Waals surface area contributed by atoms with Gasteiger partial charge in [-0.15, -0.1) is 0 Å². The maximum absolute atomic E-state index is 13.0. The number of nitrogens with one attached hydrogen (secondary N) is 2. The van der Waals surface area contributed by atoms with Crippen LogP contribution in [-0.4, -0.2) is 32.7 Å². The Morgan fingerprint density at radius 1 is 1.03 bits per heavy atom. The molecule has 0 saturated heterocycles. The molecule has 0 bridgehead atoms. The summed E-state index contributed by atoms with van der Waals surface area (Å²) in [6, 6.07) is 21.2. The van der Waals surface area contributed by atoms with E-state index in [2.05, 4.69) is 16.1 Å². The van der Waals surface area contributed by atoms with Gasteiger partial charge in [0.15, 0.2) is 0 Å². The summed E-state index contributed by atoms with van der Waals surface area (Å²) in [6.07, 6.45) is 0. The first-order valence-corrected chi connectivity index (χ1v) is 13.3. The maximum Gasteiger partial charge on any atom is 0.241 e. The Labute approximate surface area is 199 Å². The number of hydrogen-bond donors (Lipinski definition) is 2. The van der Waals surface area contributed by atoms with E-state index in [9.17, 15) is 13.2 Å². The minimum absolute atomic E-state index is 0.131. The van der Waals surface area contributed by atoms with Gasteiger partial charge in [0.25, 0.3) is 0 Å². The van der Waals surface area contributed by atoms with Crippen molar-refractivity contribution in [2.75, 3.05) is 12.3 Å². The highest BCUT2D eigenvalue weighted by Gasteiger charge is 2.28. The quantitative estimate of drug-likeness (QED) is 0.426. The zero-order valence-electron chi connectivity index (χ0n) is 18.6. The third-order valence-electron chi connectivity index (χ3n) is 5.20. The van der Waals surface area contributed by atoms with Crippen LogP contribution in [0.4, 0.5) is 0 Å². The Hall–Kier alpha value is -2.86. The van der Waals surface area contributed by atoms with Crippen molar-refractivity contribution in [3.05, 3.63) is 77.9 Å². The van der Waals surface area contributed by atoms with Gasteiger partial charge in [0.2, 0.25) is 15.9 Å². The van der Waals surface area contributed by atoms with Crippen molar-refractivity contribution in [3.63, 3.8) is 0 Å². The zero-order chi connectivity index (χ0) is 23.8. The van der Waals surface area contributed by atoms with E-state index >= 15 is 0 Å². The highest BCUT2D eigenvalue weighted by Crippen LogP contribution is 2.20. The predicted molar refractivity (Wildman–Crippen MR) is 133 cm³/mol. The molecular weight excluding hydrogens is 454 g/mol. The van der Waals surface area contributed by atoms with E-state index in [1.54, 1.807) is 49.9 Å². The van der Waals surface area contributed by atoms with Gasteiger partial charge in [-0.25, -0.2) is 8.42 Å². The summed E-state index contributed by atoms with van der Waals surface area (Å²) in [7, 11) is -3.87. The van der Waals surface area contributed by atoms with Crippen LogP contribution in [0.15, 0.2) is 71.6 Å². The maximum atomic E-state index is 13.0. The van der Waals surface area contributed by atoms with Gasteiger partial charge in [-0.1, -0.05) is 62.4 Å². The van der Waals surface area contributed by atoms with Crippen LogP contribution in [-0.2, 0) is 20.6 Å². The molecule has 0 aromatic heterocycles. The normalized spacial score (nSPS) is 12.4. The van der Waals surface area contributed by atoms with Gasteiger partial charge < -0.3 is 5.32 Å². The molecule has 3 aromatic carbocycles. The highest BCUT2D eigenvalue weighted by molar-refractivity contribution is 7.98. The van der Waals surface area contributed by atoms with Crippen molar-refractivity contribution in [1.82, 2.24) is 10.0 Å². The second-order valence-corrected chi connectivity index (χ2v) is 10.8. The van der Waals surface area contributed by atoms with Crippen molar-refractivity contribution in [2.24, 2.45) is 5.92 Å². The molecule has 0 fully saturated rings. The molecule has 0 aliphatic rings. The largest absolute Gasteiger partial charge is 0.354 e. The molecule has 0 saturated carbocycles. The Morgan fingerprint density at radius 3 is 2.45 bits per heavy atom. The predicted octanol–water partition coefficient (Wildman–Crippen LogP) is 4.06. The fourth-order valence-corrected chi connectivity index (χ4v) is 5.60. The topological polar surface area (TPSA) is 99.1 Å². The second kappa shape index (κ2) is 11.3. The number of sulfonamides is 1. The Kier molecular flexibility index (Phi) is 8.50. The molecule has 3 rings (SSSR count). The SMILES string of the molecule is CC(C)C(NS(=O)(=O)c1ccc2ccccc2c1)C(=O)NCCSCc1ccccc1C#N. The number of fused-ring (bicyclic) bond motifs is 1. The highest BCUT2D eigenvalue weighted by atomic mass is 32.2. The number of nitrogens with zero attached hydrogens (tertiary/aromatic N) is 1. The molecule has 0 spiro atoms. The van der Waals surface area contributed by atoms with E-state index in [1.807, 2.05) is 42.5 Å². The lowest BCUT2D eigenvalue weighted by molar-refractivity contribution is -0.123. The number of hydrogen-bond acceptors (Lipinski definition) is 5. The average Bonchev–Trinajstić information content (AvgIpc) is 2.82. The fraction of sp³-hybridized carbons (Fsp3) is 0.280. The van der Waals surface area contributed by atoms with Gasteiger partial charge in [0, 0.05) is 18.1 Å². The minimum atomic E-state index is -3.87. The number of rotatable bonds is 10. The van der Waals surface area contributed by atoms with Crippen LogP contribution >= 0.6 is 11.8 Å². The van der Waals surface area contributed by atoms with Crippen LogP contribution < -0.4 is 10.0 Å². The standard InChI is InChI=1S/C25H27N3O3S2/c1-18(2)24(25(29)27-13-14-32-17-22-10-6-5-9-21(22)16-26)28-33(30,31)23-12-11-19-7-3-4-8-20(19)15-23/h3-12,15,18,24,28H,13-14,17H2,1-2H3,(H,27,29). The first-order chi connectivity index (χ1) is 15.8. The van der Waals surface area contributed by atoms with Gasteiger partial charge in [0.1, 0.15) is 6.04 Å². The van der Waals surface area contributed by atoms with Gasteiger partial charge in [-0.3, -0.25) is 4.79 Å². The van der Waals surface area contributed by atoms with E-state index in [-0.39, 0.29) is 16.7 Å². The van der Waals surface area contributed by atoms with E-state index < -0.39 is 16.1 Å². The molecule has 0 heterocycles.